The molecule has 0 aromatic heterocycles. The van der Waals surface area contributed by atoms with Crippen LogP contribution in [-0.4, -0.2) is 58.5 Å². The molecule has 36 heavy (non-hydrogen) atoms. The van der Waals surface area contributed by atoms with Crippen LogP contribution in [0.4, 0.5) is 4.79 Å². The SMILES string of the molecule is CSCCC(NC(=O)OC(C)(C)C)C(=O)N(C(C)CCC(C)C)C(C(=O)NC(C)C)c1ccccc1. The van der Waals surface area contributed by atoms with Crippen LogP contribution in [0, 0.1) is 5.92 Å². The van der Waals surface area contributed by atoms with Crippen LogP contribution in [0.2, 0.25) is 0 Å². The van der Waals surface area contributed by atoms with Gasteiger partial charge in [0.15, 0.2) is 0 Å². The van der Waals surface area contributed by atoms with Crippen molar-refractivity contribution in [3.63, 3.8) is 0 Å². The minimum Gasteiger partial charge on any atom is -0.444 e. The van der Waals surface area contributed by atoms with Gasteiger partial charge >= 0.3 is 6.09 Å². The first-order valence-corrected chi connectivity index (χ1v) is 14.3. The van der Waals surface area contributed by atoms with Crippen molar-refractivity contribution in [2.45, 2.75) is 104 Å². The summed E-state index contributed by atoms with van der Waals surface area (Å²) >= 11 is 1.60. The minimum atomic E-state index is -0.819. The van der Waals surface area contributed by atoms with Crippen LogP contribution in [0.15, 0.2) is 30.3 Å². The van der Waals surface area contributed by atoms with E-state index in [-0.39, 0.29) is 23.9 Å². The lowest BCUT2D eigenvalue weighted by atomic mass is 9.96. The summed E-state index contributed by atoms with van der Waals surface area (Å²) in [6.07, 6.45) is 3.40. The van der Waals surface area contributed by atoms with Crippen LogP contribution in [0.3, 0.4) is 0 Å². The standard InChI is InChI=1S/C28H47N3O4S/c1-19(2)15-16-21(5)31(24(25(32)29-20(3)4)22-13-11-10-12-14-22)26(33)23(17-18-36-9)30-27(34)35-28(6,7)8/h10-14,19-21,23-24H,15-18H2,1-9H3,(H,29,32)(H,30,34). The molecule has 8 heteroatoms. The number of hydrogen-bond acceptors (Lipinski definition) is 5. The normalized spacial score (nSPS) is 14.2. The number of nitrogens with zero attached hydrogens (tertiary/aromatic N) is 1. The maximum atomic E-state index is 14.2. The third-order valence-corrected chi connectivity index (χ3v) is 6.21. The van der Waals surface area contributed by atoms with E-state index >= 15 is 0 Å². The zero-order chi connectivity index (χ0) is 27.5. The molecule has 0 spiro atoms. The summed E-state index contributed by atoms with van der Waals surface area (Å²) in [5, 5.41) is 5.80. The average Bonchev–Trinajstić information content (AvgIpc) is 2.76. The summed E-state index contributed by atoms with van der Waals surface area (Å²) in [6.45, 7) is 15.4. The van der Waals surface area contributed by atoms with Crippen LogP contribution in [0.25, 0.3) is 0 Å². The molecule has 1 aromatic rings. The largest absolute Gasteiger partial charge is 0.444 e. The Morgan fingerprint density at radius 2 is 1.56 bits per heavy atom. The molecular weight excluding hydrogens is 474 g/mol. The molecule has 204 valence electrons. The lowest BCUT2D eigenvalue weighted by molar-refractivity contribution is -0.145. The number of alkyl carbamates (subject to hydrolysis) is 1. The van der Waals surface area contributed by atoms with Crippen molar-refractivity contribution in [2.24, 2.45) is 5.92 Å². The van der Waals surface area contributed by atoms with Gasteiger partial charge in [-0.25, -0.2) is 4.79 Å². The molecule has 0 saturated heterocycles. The van der Waals surface area contributed by atoms with E-state index in [1.165, 1.54) is 0 Å². The van der Waals surface area contributed by atoms with E-state index in [1.807, 2.05) is 57.4 Å². The fourth-order valence-corrected chi connectivity index (χ4v) is 4.34. The molecule has 3 unspecified atom stereocenters. The van der Waals surface area contributed by atoms with Crippen LogP contribution in [-0.2, 0) is 14.3 Å². The van der Waals surface area contributed by atoms with E-state index < -0.39 is 23.8 Å². The third kappa shape index (κ3) is 11.2. The Morgan fingerprint density at radius 1 is 0.944 bits per heavy atom. The maximum absolute atomic E-state index is 14.2. The molecular formula is C28H47N3O4S. The molecule has 0 radical (unpaired) electrons. The lowest BCUT2D eigenvalue weighted by Crippen LogP contribution is -2.56. The number of hydrogen-bond donors (Lipinski definition) is 2. The van der Waals surface area contributed by atoms with Crippen molar-refractivity contribution in [1.29, 1.82) is 0 Å². The number of thioether (sulfide) groups is 1. The highest BCUT2D eigenvalue weighted by molar-refractivity contribution is 7.98. The van der Waals surface area contributed by atoms with Gasteiger partial charge in [-0.3, -0.25) is 9.59 Å². The second-order valence-corrected chi connectivity index (χ2v) is 12.0. The Labute approximate surface area is 222 Å². The van der Waals surface area contributed by atoms with Crippen LogP contribution < -0.4 is 10.6 Å². The van der Waals surface area contributed by atoms with Gasteiger partial charge in [-0.15, -0.1) is 0 Å². The topological polar surface area (TPSA) is 87.7 Å². The van der Waals surface area contributed by atoms with Gasteiger partial charge < -0.3 is 20.3 Å². The highest BCUT2D eigenvalue weighted by Gasteiger charge is 2.38. The van der Waals surface area contributed by atoms with Crippen LogP contribution in [0.1, 0.15) is 86.3 Å². The number of nitrogens with one attached hydrogen (secondary N) is 2. The van der Waals surface area contributed by atoms with Gasteiger partial charge in [0, 0.05) is 12.1 Å². The molecule has 2 N–H and O–H groups in total. The highest BCUT2D eigenvalue weighted by atomic mass is 32.2. The Kier molecular flexibility index (Phi) is 13.4. The smallest absolute Gasteiger partial charge is 0.408 e. The van der Waals surface area contributed by atoms with Crippen molar-refractivity contribution in [2.75, 3.05) is 12.0 Å². The number of rotatable bonds is 13. The molecule has 1 aromatic carbocycles. The zero-order valence-electron chi connectivity index (χ0n) is 23.6. The van der Waals surface area contributed by atoms with Gasteiger partial charge in [0.05, 0.1) is 0 Å². The van der Waals surface area contributed by atoms with E-state index in [9.17, 15) is 14.4 Å². The molecule has 7 nitrogen and oxygen atoms in total. The third-order valence-electron chi connectivity index (χ3n) is 5.56. The quantitative estimate of drug-likeness (QED) is 0.355. The fraction of sp³-hybridized carbons (Fsp3) is 0.679. The molecule has 3 amide bonds. The maximum Gasteiger partial charge on any atom is 0.408 e. The van der Waals surface area contributed by atoms with Crippen molar-refractivity contribution in [1.82, 2.24) is 15.5 Å². The number of carbonyl (C=O) groups is 3. The minimum absolute atomic E-state index is 0.0844. The van der Waals surface area contributed by atoms with Gasteiger partial charge in [0.2, 0.25) is 11.8 Å². The molecule has 1 rings (SSSR count). The molecule has 0 aliphatic heterocycles. The summed E-state index contributed by atoms with van der Waals surface area (Å²) in [5.74, 6) is 0.617. The van der Waals surface area contributed by atoms with Gasteiger partial charge in [0.1, 0.15) is 17.7 Å². The molecule has 3 atom stereocenters. The van der Waals surface area contributed by atoms with Gasteiger partial charge in [-0.05, 0) is 84.3 Å². The molecule has 0 fully saturated rings. The summed E-state index contributed by atoms with van der Waals surface area (Å²) < 4.78 is 5.46. The molecule has 0 heterocycles. The van der Waals surface area contributed by atoms with Crippen LogP contribution in [0.5, 0.6) is 0 Å². The second-order valence-electron chi connectivity index (χ2n) is 11.0. The van der Waals surface area contributed by atoms with Crippen molar-refractivity contribution < 1.29 is 19.1 Å². The summed E-state index contributed by atoms with van der Waals surface area (Å²) in [4.78, 5) is 42.1. The van der Waals surface area contributed by atoms with E-state index in [0.29, 0.717) is 18.1 Å². The average molecular weight is 522 g/mol. The van der Waals surface area contributed by atoms with E-state index in [0.717, 1.165) is 18.4 Å². The number of ether oxygens (including phenoxy) is 1. The Bertz CT molecular complexity index is 824. The first-order chi connectivity index (χ1) is 16.8. The molecule has 0 saturated carbocycles. The van der Waals surface area contributed by atoms with Crippen molar-refractivity contribution in [3.05, 3.63) is 35.9 Å². The van der Waals surface area contributed by atoms with Crippen LogP contribution >= 0.6 is 11.8 Å². The lowest BCUT2D eigenvalue weighted by Gasteiger charge is -2.39. The molecule has 0 aliphatic carbocycles. The predicted octanol–water partition coefficient (Wildman–Crippen LogP) is 5.55. The monoisotopic (exact) mass is 521 g/mol. The Balaban J connectivity index is 3.51. The van der Waals surface area contributed by atoms with E-state index in [2.05, 4.69) is 24.5 Å². The summed E-state index contributed by atoms with van der Waals surface area (Å²) in [6, 6.07) is 7.44. The first-order valence-electron chi connectivity index (χ1n) is 12.9. The summed E-state index contributed by atoms with van der Waals surface area (Å²) in [5.41, 5.74) is 0.0480. The van der Waals surface area contributed by atoms with Gasteiger partial charge in [0.25, 0.3) is 0 Å². The van der Waals surface area contributed by atoms with Crippen molar-refractivity contribution in [3.8, 4) is 0 Å². The predicted molar refractivity (Wildman–Crippen MR) is 149 cm³/mol. The first kappa shape index (κ1) is 31.8. The number of amides is 3. The van der Waals surface area contributed by atoms with Crippen molar-refractivity contribution >= 4 is 29.7 Å². The Hall–Kier alpha value is -2.22. The molecule has 0 bridgehead atoms. The van der Waals surface area contributed by atoms with Gasteiger partial charge in [-0.2, -0.15) is 11.8 Å². The number of benzene rings is 1. The van der Waals surface area contributed by atoms with Gasteiger partial charge in [-0.1, -0.05) is 44.2 Å². The van der Waals surface area contributed by atoms with E-state index in [4.69, 9.17) is 4.74 Å². The second kappa shape index (κ2) is 15.1. The highest BCUT2D eigenvalue weighted by Crippen LogP contribution is 2.28. The Morgan fingerprint density at radius 3 is 2.06 bits per heavy atom. The van der Waals surface area contributed by atoms with E-state index in [1.54, 1.807) is 37.4 Å². The zero-order valence-corrected chi connectivity index (χ0v) is 24.4. The molecule has 0 aliphatic rings. The number of carbonyl (C=O) groups excluding carboxylic acids is 3. The fourth-order valence-electron chi connectivity index (χ4n) is 3.87. The summed E-state index contributed by atoms with van der Waals surface area (Å²) in [7, 11) is 0.